The number of halogens is 1. The van der Waals surface area contributed by atoms with Crippen molar-refractivity contribution in [3.05, 3.63) is 66.5 Å². The Labute approximate surface area is 169 Å². The minimum atomic E-state index is -0.356. The second-order valence-electron chi connectivity index (χ2n) is 6.11. The first-order chi connectivity index (χ1) is 14.1. The number of nitrogens with two attached hydrogens (primary N) is 1. The monoisotopic (exact) mass is 397 g/mol. The number of hydrogen-bond donors (Lipinski definition) is 2. The van der Waals surface area contributed by atoms with Crippen LogP contribution in [-0.4, -0.2) is 28.7 Å². The molecule has 0 spiro atoms. The van der Waals surface area contributed by atoms with E-state index >= 15 is 0 Å². The Balaban J connectivity index is 1.72. The molecular weight excluding hydrogens is 373 g/mol. The van der Waals surface area contributed by atoms with Gasteiger partial charge in [0.25, 0.3) is 0 Å². The molecule has 3 rings (SSSR count). The van der Waals surface area contributed by atoms with Crippen molar-refractivity contribution in [3.8, 4) is 17.2 Å². The smallest absolute Gasteiger partial charge is 0.193 e. The molecule has 3 N–H and O–H groups in total. The highest BCUT2D eigenvalue weighted by molar-refractivity contribution is 5.94. The first-order valence-corrected chi connectivity index (χ1v) is 9.34. The number of imidazole rings is 1. The van der Waals surface area contributed by atoms with Crippen molar-refractivity contribution in [2.75, 3.05) is 18.5 Å². The Morgan fingerprint density at radius 1 is 1.17 bits per heavy atom. The predicted octanol–water partition coefficient (Wildman–Crippen LogP) is 3.74. The lowest BCUT2D eigenvalue weighted by atomic mass is 10.2. The Kier molecular flexibility index (Phi) is 6.67. The number of aromatic nitrogens is 2. The van der Waals surface area contributed by atoms with E-state index in [2.05, 4.69) is 15.3 Å². The topological polar surface area (TPSA) is 86.7 Å². The van der Waals surface area contributed by atoms with Gasteiger partial charge < -0.3 is 25.1 Å². The van der Waals surface area contributed by atoms with Gasteiger partial charge in [0.2, 0.25) is 0 Å². The van der Waals surface area contributed by atoms with E-state index in [1.165, 1.54) is 6.07 Å². The lowest BCUT2D eigenvalue weighted by molar-refractivity contribution is 0.332. The molecule has 0 unspecified atom stereocenters. The fourth-order valence-corrected chi connectivity index (χ4v) is 2.76. The van der Waals surface area contributed by atoms with Crippen LogP contribution in [-0.2, 0) is 6.54 Å². The molecule has 0 bridgehead atoms. The Morgan fingerprint density at radius 2 is 2.00 bits per heavy atom. The Morgan fingerprint density at radius 3 is 2.69 bits per heavy atom. The minimum Gasteiger partial charge on any atom is -0.494 e. The molecular formula is C21H24FN5O2. The van der Waals surface area contributed by atoms with Crippen LogP contribution in [0.25, 0.3) is 5.69 Å². The highest BCUT2D eigenvalue weighted by Crippen LogP contribution is 2.29. The van der Waals surface area contributed by atoms with Gasteiger partial charge in [-0.2, -0.15) is 0 Å². The molecule has 1 aromatic heterocycles. The van der Waals surface area contributed by atoms with Crippen LogP contribution in [0.2, 0.25) is 0 Å². The molecule has 3 aromatic rings. The predicted molar refractivity (Wildman–Crippen MR) is 111 cm³/mol. The van der Waals surface area contributed by atoms with Gasteiger partial charge in [0.1, 0.15) is 17.3 Å². The van der Waals surface area contributed by atoms with Crippen molar-refractivity contribution in [2.24, 2.45) is 10.7 Å². The fraction of sp³-hybridized carbons (Fsp3) is 0.238. The summed E-state index contributed by atoms with van der Waals surface area (Å²) in [6.45, 7) is 5.12. The molecule has 152 valence electrons. The van der Waals surface area contributed by atoms with E-state index in [0.29, 0.717) is 41.7 Å². The molecule has 7 nitrogen and oxygen atoms in total. The molecule has 0 aliphatic heterocycles. The molecule has 0 aliphatic carbocycles. The molecule has 2 aromatic carbocycles. The van der Waals surface area contributed by atoms with Crippen LogP contribution in [0.3, 0.4) is 0 Å². The second-order valence-corrected chi connectivity index (χ2v) is 6.11. The number of nitrogens with one attached hydrogen (secondary N) is 1. The van der Waals surface area contributed by atoms with Crippen LogP contribution < -0.4 is 20.5 Å². The Hall–Kier alpha value is -3.55. The van der Waals surface area contributed by atoms with Gasteiger partial charge >= 0.3 is 0 Å². The van der Waals surface area contributed by atoms with Crippen LogP contribution in [0.15, 0.2) is 60.1 Å². The molecule has 0 aliphatic rings. The summed E-state index contributed by atoms with van der Waals surface area (Å²) in [6.07, 6.45) is 4.83. The largest absolute Gasteiger partial charge is 0.494 e. The molecule has 29 heavy (non-hydrogen) atoms. The molecule has 1 heterocycles. The van der Waals surface area contributed by atoms with Gasteiger partial charge in [-0.1, -0.05) is 6.07 Å². The van der Waals surface area contributed by atoms with E-state index in [-0.39, 0.29) is 18.3 Å². The van der Waals surface area contributed by atoms with Gasteiger partial charge in [-0.3, -0.25) is 0 Å². The summed E-state index contributed by atoms with van der Waals surface area (Å²) < 4.78 is 27.1. The normalized spacial score (nSPS) is 11.3. The van der Waals surface area contributed by atoms with Crippen molar-refractivity contribution in [2.45, 2.75) is 20.4 Å². The summed E-state index contributed by atoms with van der Waals surface area (Å²) in [6, 6.07) is 10.4. The maximum atomic E-state index is 14.4. The van der Waals surface area contributed by atoms with Gasteiger partial charge in [0.05, 0.1) is 37.5 Å². The first kappa shape index (κ1) is 20.2. The molecule has 0 radical (unpaired) electrons. The minimum absolute atomic E-state index is 0.193. The third kappa shape index (κ3) is 5.25. The zero-order chi connectivity index (χ0) is 20.6. The van der Waals surface area contributed by atoms with E-state index < -0.39 is 0 Å². The van der Waals surface area contributed by atoms with Gasteiger partial charge in [-0.05, 0) is 43.7 Å². The van der Waals surface area contributed by atoms with Crippen LogP contribution in [0.4, 0.5) is 10.1 Å². The zero-order valence-electron chi connectivity index (χ0n) is 16.4. The summed E-state index contributed by atoms with van der Waals surface area (Å²) in [7, 11) is 0. The molecule has 0 fully saturated rings. The van der Waals surface area contributed by atoms with E-state index in [1.54, 1.807) is 41.5 Å². The maximum absolute atomic E-state index is 14.4. The second kappa shape index (κ2) is 9.59. The zero-order valence-corrected chi connectivity index (χ0v) is 16.4. The van der Waals surface area contributed by atoms with Crippen LogP contribution >= 0.6 is 0 Å². The van der Waals surface area contributed by atoms with Crippen LogP contribution in [0.1, 0.15) is 19.4 Å². The quantitative estimate of drug-likeness (QED) is 0.447. The van der Waals surface area contributed by atoms with Crippen molar-refractivity contribution < 1.29 is 13.9 Å². The number of rotatable bonds is 8. The molecule has 8 heteroatoms. The summed E-state index contributed by atoms with van der Waals surface area (Å²) in [4.78, 5) is 8.23. The maximum Gasteiger partial charge on any atom is 0.193 e. The third-order valence-electron chi connectivity index (χ3n) is 4.05. The van der Waals surface area contributed by atoms with E-state index in [1.807, 2.05) is 26.0 Å². The summed E-state index contributed by atoms with van der Waals surface area (Å²) >= 11 is 0. The third-order valence-corrected chi connectivity index (χ3v) is 4.05. The number of ether oxygens (including phenoxy) is 2. The lowest BCUT2D eigenvalue weighted by Crippen LogP contribution is -2.23. The van der Waals surface area contributed by atoms with Crippen molar-refractivity contribution in [3.63, 3.8) is 0 Å². The van der Waals surface area contributed by atoms with E-state index in [4.69, 9.17) is 15.2 Å². The average molecular weight is 397 g/mol. The fourth-order valence-electron chi connectivity index (χ4n) is 2.76. The molecule has 0 atom stereocenters. The number of guanidine groups is 1. The van der Waals surface area contributed by atoms with Gasteiger partial charge in [-0.25, -0.2) is 14.4 Å². The van der Waals surface area contributed by atoms with Crippen molar-refractivity contribution in [1.82, 2.24) is 9.55 Å². The van der Waals surface area contributed by atoms with Crippen molar-refractivity contribution >= 4 is 11.6 Å². The highest BCUT2D eigenvalue weighted by Gasteiger charge is 2.08. The number of benzene rings is 2. The SMILES string of the molecule is CCOc1ccc(OCC)c(NC(N)=NCc2ccc(-n3ccnc3)c(F)c2)c1. The van der Waals surface area contributed by atoms with Crippen molar-refractivity contribution in [1.29, 1.82) is 0 Å². The first-order valence-electron chi connectivity index (χ1n) is 9.34. The summed E-state index contributed by atoms with van der Waals surface area (Å²) in [5.41, 5.74) is 7.80. The van der Waals surface area contributed by atoms with E-state index in [9.17, 15) is 4.39 Å². The molecule has 0 saturated carbocycles. The Bertz CT molecular complexity index is 973. The molecule has 0 amide bonds. The molecule has 0 saturated heterocycles. The summed E-state index contributed by atoms with van der Waals surface area (Å²) in [5.74, 6) is 1.18. The summed E-state index contributed by atoms with van der Waals surface area (Å²) in [5, 5.41) is 3.03. The van der Waals surface area contributed by atoms with Gasteiger partial charge in [0.15, 0.2) is 5.96 Å². The number of anilines is 1. The standard InChI is InChI=1S/C21H24FN5O2/c1-3-28-16-6-8-20(29-4-2)18(12-16)26-21(23)25-13-15-5-7-19(17(22)11-15)27-10-9-24-14-27/h5-12,14H,3-4,13H2,1-2H3,(H3,23,25,26). The average Bonchev–Trinajstić information content (AvgIpc) is 3.23. The highest BCUT2D eigenvalue weighted by atomic mass is 19.1. The number of nitrogens with zero attached hydrogens (tertiary/aromatic N) is 3. The number of hydrogen-bond acceptors (Lipinski definition) is 4. The van der Waals surface area contributed by atoms with Gasteiger partial charge in [0, 0.05) is 18.5 Å². The van der Waals surface area contributed by atoms with Gasteiger partial charge in [-0.15, -0.1) is 0 Å². The lowest BCUT2D eigenvalue weighted by Gasteiger charge is -2.14. The van der Waals surface area contributed by atoms with Crippen LogP contribution in [0, 0.1) is 5.82 Å². The van der Waals surface area contributed by atoms with Crippen LogP contribution in [0.5, 0.6) is 11.5 Å². The van der Waals surface area contributed by atoms with E-state index in [0.717, 1.165) is 0 Å². The number of aliphatic imine (C=N–C) groups is 1.